The molecule has 0 spiro atoms. The van der Waals surface area contributed by atoms with Crippen LogP contribution in [0.3, 0.4) is 0 Å². The molecule has 2 N–H and O–H groups in total. The van der Waals surface area contributed by atoms with Crippen molar-refractivity contribution in [3.05, 3.63) is 0 Å². The van der Waals surface area contributed by atoms with E-state index in [1.165, 1.54) is 0 Å². The van der Waals surface area contributed by atoms with E-state index >= 15 is 0 Å². The second-order valence-electron chi connectivity index (χ2n) is 13.2. The van der Waals surface area contributed by atoms with Gasteiger partial charge >= 0.3 is 0 Å². The first kappa shape index (κ1) is 35.2. The topological polar surface area (TPSA) is 76.7 Å². The van der Waals surface area contributed by atoms with Gasteiger partial charge in [-0.2, -0.15) is 0 Å². The molecule has 0 rings (SSSR count). The van der Waals surface area contributed by atoms with Crippen LogP contribution in [0.1, 0.15) is 109 Å². The first-order valence-corrected chi connectivity index (χ1v) is 14.1. The summed E-state index contributed by atoms with van der Waals surface area (Å²) in [4.78, 5) is 25.3. The summed E-state index contributed by atoms with van der Waals surface area (Å²) < 4.78 is 11.2. The van der Waals surface area contributed by atoms with E-state index in [0.717, 1.165) is 25.8 Å². The Morgan fingerprint density at radius 3 is 1.81 bits per heavy atom. The Morgan fingerprint density at radius 2 is 1.25 bits per heavy atom. The van der Waals surface area contributed by atoms with Crippen LogP contribution in [0.5, 0.6) is 0 Å². The minimum absolute atomic E-state index is 0.125. The third-order valence-corrected chi connectivity index (χ3v) is 8.94. The Kier molecular flexibility index (Phi) is 15.2. The summed E-state index contributed by atoms with van der Waals surface area (Å²) in [6.07, 6.45) is 3.71. The quantitative estimate of drug-likeness (QED) is 0.189. The van der Waals surface area contributed by atoms with Crippen molar-refractivity contribution in [2.75, 3.05) is 39.5 Å². The molecule has 0 bridgehead atoms. The molecule has 0 aromatic rings. The Morgan fingerprint density at radius 1 is 0.667 bits per heavy atom. The summed E-state index contributed by atoms with van der Waals surface area (Å²) in [6, 6.07) is 0. The Labute approximate surface area is 223 Å². The van der Waals surface area contributed by atoms with E-state index in [-0.39, 0.29) is 34.8 Å². The lowest BCUT2D eigenvalue weighted by atomic mass is 9.70. The van der Waals surface area contributed by atoms with Gasteiger partial charge in [-0.15, -0.1) is 0 Å². The van der Waals surface area contributed by atoms with Crippen LogP contribution in [-0.4, -0.2) is 62.2 Å². The van der Waals surface area contributed by atoms with E-state index in [9.17, 15) is 9.59 Å². The Bertz CT molecular complexity index is 651. The minimum atomic E-state index is -0.475. The van der Waals surface area contributed by atoms with E-state index < -0.39 is 5.41 Å². The maximum absolute atomic E-state index is 13.0. The highest BCUT2D eigenvalue weighted by Crippen LogP contribution is 2.33. The molecule has 214 valence electrons. The molecular weight excluding hydrogens is 452 g/mol. The summed E-state index contributed by atoms with van der Waals surface area (Å²) in [5, 5.41) is 7.14. The smallest absolute Gasteiger partial charge is 0.164 e. The normalized spacial score (nSPS) is 13.6. The molecule has 0 aliphatic carbocycles. The van der Waals surface area contributed by atoms with Crippen LogP contribution in [0.4, 0.5) is 0 Å². The molecule has 0 unspecified atom stereocenters. The van der Waals surface area contributed by atoms with Crippen LogP contribution in [0.2, 0.25) is 0 Å². The van der Waals surface area contributed by atoms with Gasteiger partial charge in [0.1, 0.15) is 12.4 Å². The Balaban J connectivity index is 4.17. The lowest BCUT2D eigenvalue weighted by molar-refractivity contribution is -0.134. The maximum atomic E-state index is 13.0. The second kappa shape index (κ2) is 15.6. The molecule has 6 nitrogen and oxygen atoms in total. The molecule has 0 radical (unpaired) electrons. The number of rotatable bonds is 21. The van der Waals surface area contributed by atoms with Gasteiger partial charge in [0.05, 0.1) is 19.8 Å². The number of carbonyl (C=O) groups is 2. The highest BCUT2D eigenvalue weighted by atomic mass is 16.5. The fraction of sp³-hybridized carbons (Fsp3) is 0.933. The molecule has 36 heavy (non-hydrogen) atoms. The Hall–Kier alpha value is -0.820. The molecule has 0 aliphatic heterocycles. The van der Waals surface area contributed by atoms with Crippen LogP contribution in [0.15, 0.2) is 0 Å². The third kappa shape index (κ3) is 11.7. The number of hydrogen-bond donors (Lipinski definition) is 2. The zero-order valence-electron chi connectivity index (χ0n) is 25.9. The van der Waals surface area contributed by atoms with Crippen molar-refractivity contribution in [2.45, 2.75) is 120 Å². The van der Waals surface area contributed by atoms with Gasteiger partial charge in [0, 0.05) is 34.9 Å². The first-order chi connectivity index (χ1) is 16.4. The van der Waals surface area contributed by atoms with E-state index in [4.69, 9.17) is 9.47 Å². The van der Waals surface area contributed by atoms with Gasteiger partial charge < -0.3 is 20.1 Å². The predicted molar refractivity (Wildman–Crippen MR) is 152 cm³/mol. The minimum Gasteiger partial charge on any atom is -0.378 e. The second-order valence-corrected chi connectivity index (χ2v) is 13.2. The zero-order chi connectivity index (χ0) is 28.2. The van der Waals surface area contributed by atoms with Gasteiger partial charge in [-0.3, -0.25) is 9.59 Å². The van der Waals surface area contributed by atoms with Gasteiger partial charge in [-0.1, -0.05) is 61.8 Å². The highest BCUT2D eigenvalue weighted by molar-refractivity contribution is 5.85. The predicted octanol–water partition coefficient (Wildman–Crippen LogP) is 5.82. The summed E-state index contributed by atoms with van der Waals surface area (Å²) in [5.41, 5.74) is -1.05. The van der Waals surface area contributed by atoms with Crippen LogP contribution >= 0.6 is 0 Å². The summed E-state index contributed by atoms with van der Waals surface area (Å²) in [6.45, 7) is 28.4. The van der Waals surface area contributed by atoms with Gasteiger partial charge in [0.25, 0.3) is 0 Å². The average Bonchev–Trinajstić information content (AvgIpc) is 2.76. The van der Waals surface area contributed by atoms with Crippen LogP contribution < -0.4 is 10.6 Å². The zero-order valence-corrected chi connectivity index (χ0v) is 25.9. The number of ether oxygens (including phenoxy) is 2. The van der Waals surface area contributed by atoms with Crippen LogP contribution in [0.25, 0.3) is 0 Å². The molecule has 0 aromatic heterocycles. The summed E-state index contributed by atoms with van der Waals surface area (Å²) >= 11 is 0. The van der Waals surface area contributed by atoms with Gasteiger partial charge in [0.15, 0.2) is 5.78 Å². The lowest BCUT2D eigenvalue weighted by Crippen LogP contribution is -2.55. The fourth-order valence-corrected chi connectivity index (χ4v) is 3.41. The fourth-order valence-electron chi connectivity index (χ4n) is 3.41. The van der Waals surface area contributed by atoms with Gasteiger partial charge in [-0.25, -0.2) is 0 Å². The molecule has 0 amide bonds. The monoisotopic (exact) mass is 512 g/mol. The number of carbonyl (C=O) groups excluding carboxylic acids is 2. The third-order valence-electron chi connectivity index (χ3n) is 8.94. The molecule has 0 atom stereocenters. The molecule has 0 heterocycles. The van der Waals surface area contributed by atoms with Crippen LogP contribution in [-0.2, 0) is 19.1 Å². The highest BCUT2D eigenvalue weighted by Gasteiger charge is 2.41. The SMILES string of the molecule is CC(C)C(C)(C)NCCCCCC(=O)C(C)(C)C(C)(C)NCCOCCOCC(=O)C(C)(C)C(C)C. The largest absolute Gasteiger partial charge is 0.378 e. The number of unbranched alkanes of at least 4 members (excludes halogenated alkanes) is 2. The van der Waals surface area contributed by atoms with Gasteiger partial charge in [0.2, 0.25) is 0 Å². The first-order valence-electron chi connectivity index (χ1n) is 14.1. The molecule has 0 aliphatic rings. The van der Waals surface area contributed by atoms with E-state index in [1.807, 2.05) is 27.7 Å². The van der Waals surface area contributed by atoms with Crippen molar-refractivity contribution in [3.8, 4) is 0 Å². The standard InChI is InChI=1S/C30H60N2O4/c1-23(2)27(5,6)26(34)22-36-21-20-35-19-18-32-30(11,12)28(7,8)25(33)16-14-13-15-17-31-29(9,10)24(3)4/h23-24,31-32H,13-22H2,1-12H3. The number of ketones is 2. The molecule has 6 heteroatoms. The molecule has 0 fully saturated rings. The van der Waals surface area contributed by atoms with Crippen molar-refractivity contribution in [3.63, 3.8) is 0 Å². The summed E-state index contributed by atoms with van der Waals surface area (Å²) in [7, 11) is 0. The van der Waals surface area contributed by atoms with Crippen molar-refractivity contribution in [1.29, 1.82) is 0 Å². The van der Waals surface area contributed by atoms with Crippen LogP contribution in [0, 0.1) is 22.7 Å². The molecule has 0 saturated heterocycles. The number of hydrogen-bond acceptors (Lipinski definition) is 6. The van der Waals surface area contributed by atoms with Crippen molar-refractivity contribution >= 4 is 11.6 Å². The van der Waals surface area contributed by atoms with Gasteiger partial charge in [-0.05, 0) is 58.9 Å². The number of Topliss-reactive ketones (excluding diaryl/α,β-unsaturated/α-hetero) is 2. The average molecular weight is 513 g/mol. The van der Waals surface area contributed by atoms with Crippen molar-refractivity contribution in [2.24, 2.45) is 22.7 Å². The molecule has 0 aromatic carbocycles. The number of nitrogens with one attached hydrogen (secondary N) is 2. The summed E-state index contributed by atoms with van der Waals surface area (Å²) in [5.74, 6) is 1.30. The van der Waals surface area contributed by atoms with E-state index in [1.54, 1.807) is 0 Å². The lowest BCUT2D eigenvalue weighted by Gasteiger charge is -2.41. The maximum Gasteiger partial charge on any atom is 0.164 e. The molecular formula is C30H60N2O4. The van der Waals surface area contributed by atoms with Crippen molar-refractivity contribution in [1.82, 2.24) is 10.6 Å². The van der Waals surface area contributed by atoms with E-state index in [0.29, 0.717) is 44.5 Å². The van der Waals surface area contributed by atoms with Crippen molar-refractivity contribution < 1.29 is 19.1 Å². The molecule has 0 saturated carbocycles. The van der Waals surface area contributed by atoms with E-state index in [2.05, 4.69) is 66.0 Å².